The second-order valence-electron chi connectivity index (χ2n) is 4.06. The molecule has 0 heterocycles. The molecule has 2 rings (SSSR count). The largest absolute Gasteiger partial charge is 0.493 e. The van der Waals surface area contributed by atoms with Gasteiger partial charge in [0, 0.05) is 6.61 Å². The summed E-state index contributed by atoms with van der Waals surface area (Å²) in [6.45, 7) is 3.11. The first-order valence-corrected chi connectivity index (χ1v) is 5.10. The van der Waals surface area contributed by atoms with Gasteiger partial charge in [0.15, 0.2) is 0 Å². The molecule has 14 heavy (non-hydrogen) atoms. The molecular weight excluding hydrogens is 176 g/mol. The maximum atomic E-state index is 8.85. The molecule has 0 spiro atoms. The van der Waals surface area contributed by atoms with E-state index in [0.29, 0.717) is 18.4 Å². The van der Waals surface area contributed by atoms with Crippen molar-refractivity contribution in [2.45, 2.75) is 13.3 Å². The Balaban J connectivity index is 1.78. The number of ether oxygens (including phenoxy) is 1. The summed E-state index contributed by atoms with van der Waals surface area (Å²) in [5.41, 5.74) is 1.25. The minimum absolute atomic E-state index is 0.307. The average Bonchev–Trinajstić information content (AvgIpc) is 2.96. The fourth-order valence-electron chi connectivity index (χ4n) is 1.58. The first-order valence-electron chi connectivity index (χ1n) is 5.10. The van der Waals surface area contributed by atoms with E-state index in [1.807, 2.05) is 24.3 Å². The van der Waals surface area contributed by atoms with Gasteiger partial charge in [-0.1, -0.05) is 17.7 Å². The Morgan fingerprint density at radius 2 is 2.00 bits per heavy atom. The highest BCUT2D eigenvalue weighted by Gasteiger charge is 2.36. The summed E-state index contributed by atoms with van der Waals surface area (Å²) < 4.78 is 5.61. The third-order valence-electron chi connectivity index (χ3n) is 2.79. The highest BCUT2D eigenvalue weighted by Crippen LogP contribution is 2.38. The maximum Gasteiger partial charge on any atom is 0.119 e. The Labute approximate surface area is 84.5 Å². The van der Waals surface area contributed by atoms with E-state index in [2.05, 4.69) is 6.92 Å². The van der Waals surface area contributed by atoms with Crippen molar-refractivity contribution in [3.8, 4) is 5.75 Å². The smallest absolute Gasteiger partial charge is 0.119 e. The lowest BCUT2D eigenvalue weighted by Gasteiger charge is -2.05. The van der Waals surface area contributed by atoms with Gasteiger partial charge in [-0.25, -0.2) is 0 Å². The van der Waals surface area contributed by atoms with Crippen LogP contribution >= 0.6 is 0 Å². The fraction of sp³-hybridized carbons (Fsp3) is 0.500. The van der Waals surface area contributed by atoms with Gasteiger partial charge in [0.1, 0.15) is 5.75 Å². The second-order valence-corrected chi connectivity index (χ2v) is 4.06. The summed E-state index contributed by atoms with van der Waals surface area (Å²) in [5.74, 6) is 1.99. The van der Waals surface area contributed by atoms with Crippen LogP contribution in [-0.2, 0) is 0 Å². The number of aliphatic hydroxyl groups is 1. The number of benzene rings is 1. The molecule has 2 heteroatoms. The van der Waals surface area contributed by atoms with Crippen LogP contribution in [0.3, 0.4) is 0 Å². The molecule has 0 bridgehead atoms. The number of aryl methyl sites for hydroxylation is 1. The predicted molar refractivity (Wildman–Crippen MR) is 55.4 cm³/mol. The van der Waals surface area contributed by atoms with E-state index in [0.717, 1.165) is 18.8 Å². The molecule has 2 atom stereocenters. The standard InChI is InChI=1S/C12H16O2/c1-9-2-4-12(5-3-9)14-8-11-6-10(11)7-13/h2-5,10-11,13H,6-8H2,1H3. The molecule has 1 saturated carbocycles. The highest BCUT2D eigenvalue weighted by atomic mass is 16.5. The van der Waals surface area contributed by atoms with Crippen LogP contribution in [-0.4, -0.2) is 18.3 Å². The number of hydrogen-bond donors (Lipinski definition) is 1. The van der Waals surface area contributed by atoms with E-state index in [9.17, 15) is 0 Å². The quantitative estimate of drug-likeness (QED) is 0.790. The zero-order chi connectivity index (χ0) is 9.97. The molecule has 2 nitrogen and oxygen atoms in total. The molecule has 1 aliphatic rings. The van der Waals surface area contributed by atoms with Gasteiger partial charge < -0.3 is 9.84 Å². The van der Waals surface area contributed by atoms with E-state index >= 15 is 0 Å². The lowest BCUT2D eigenvalue weighted by molar-refractivity contribution is 0.243. The van der Waals surface area contributed by atoms with E-state index in [-0.39, 0.29) is 0 Å². The van der Waals surface area contributed by atoms with Gasteiger partial charge in [-0.05, 0) is 37.3 Å². The minimum Gasteiger partial charge on any atom is -0.493 e. The summed E-state index contributed by atoms with van der Waals surface area (Å²) in [6.07, 6.45) is 1.11. The van der Waals surface area contributed by atoms with Gasteiger partial charge in [-0.3, -0.25) is 0 Å². The normalized spacial score (nSPS) is 24.7. The summed E-state index contributed by atoms with van der Waals surface area (Å²) in [4.78, 5) is 0. The summed E-state index contributed by atoms with van der Waals surface area (Å²) in [6, 6.07) is 8.08. The lowest BCUT2D eigenvalue weighted by Crippen LogP contribution is -2.02. The average molecular weight is 192 g/mol. The van der Waals surface area contributed by atoms with Crippen LogP contribution in [0.2, 0.25) is 0 Å². The molecular formula is C12H16O2. The highest BCUT2D eigenvalue weighted by molar-refractivity contribution is 5.26. The molecule has 76 valence electrons. The molecule has 1 N–H and O–H groups in total. The van der Waals surface area contributed by atoms with Crippen LogP contribution in [0, 0.1) is 18.8 Å². The Kier molecular flexibility index (Phi) is 2.73. The Morgan fingerprint density at radius 1 is 1.29 bits per heavy atom. The Hall–Kier alpha value is -1.02. The van der Waals surface area contributed by atoms with Crippen LogP contribution in [0.4, 0.5) is 0 Å². The molecule has 0 radical (unpaired) electrons. The summed E-state index contributed by atoms with van der Waals surface area (Å²) in [5, 5.41) is 8.85. The second kappa shape index (κ2) is 4.01. The van der Waals surface area contributed by atoms with Crippen LogP contribution < -0.4 is 4.74 Å². The summed E-state index contributed by atoms with van der Waals surface area (Å²) in [7, 11) is 0. The van der Waals surface area contributed by atoms with Gasteiger partial charge in [0.05, 0.1) is 6.61 Å². The van der Waals surface area contributed by atoms with Crippen molar-refractivity contribution >= 4 is 0 Å². The Bertz CT molecular complexity index is 292. The third-order valence-corrected chi connectivity index (χ3v) is 2.79. The first kappa shape index (κ1) is 9.53. The van der Waals surface area contributed by atoms with Crippen LogP contribution in [0.25, 0.3) is 0 Å². The topological polar surface area (TPSA) is 29.5 Å². The van der Waals surface area contributed by atoms with E-state index in [1.165, 1.54) is 5.56 Å². The van der Waals surface area contributed by atoms with Gasteiger partial charge in [0.25, 0.3) is 0 Å². The van der Waals surface area contributed by atoms with Crippen LogP contribution in [0.1, 0.15) is 12.0 Å². The minimum atomic E-state index is 0.307. The van der Waals surface area contributed by atoms with Crippen molar-refractivity contribution in [1.29, 1.82) is 0 Å². The molecule has 0 amide bonds. The van der Waals surface area contributed by atoms with Crippen LogP contribution in [0.15, 0.2) is 24.3 Å². The SMILES string of the molecule is Cc1ccc(OCC2CC2CO)cc1. The molecule has 2 unspecified atom stereocenters. The Morgan fingerprint density at radius 3 is 2.57 bits per heavy atom. The maximum absolute atomic E-state index is 8.85. The predicted octanol–water partition coefficient (Wildman–Crippen LogP) is 2.00. The van der Waals surface area contributed by atoms with Crippen molar-refractivity contribution in [1.82, 2.24) is 0 Å². The van der Waals surface area contributed by atoms with Crippen LogP contribution in [0.5, 0.6) is 5.75 Å². The van der Waals surface area contributed by atoms with Crippen molar-refractivity contribution in [3.05, 3.63) is 29.8 Å². The van der Waals surface area contributed by atoms with Crippen molar-refractivity contribution < 1.29 is 9.84 Å². The third kappa shape index (κ3) is 2.26. The lowest BCUT2D eigenvalue weighted by atomic mass is 10.2. The van der Waals surface area contributed by atoms with Gasteiger partial charge >= 0.3 is 0 Å². The molecule has 1 aliphatic carbocycles. The monoisotopic (exact) mass is 192 g/mol. The molecule has 1 aromatic rings. The van der Waals surface area contributed by atoms with Crippen molar-refractivity contribution in [3.63, 3.8) is 0 Å². The summed E-state index contributed by atoms with van der Waals surface area (Å²) >= 11 is 0. The van der Waals surface area contributed by atoms with E-state index in [4.69, 9.17) is 9.84 Å². The molecule has 1 aromatic carbocycles. The molecule has 0 saturated heterocycles. The zero-order valence-corrected chi connectivity index (χ0v) is 8.44. The van der Waals surface area contributed by atoms with E-state index < -0.39 is 0 Å². The number of aliphatic hydroxyl groups excluding tert-OH is 1. The fourth-order valence-corrected chi connectivity index (χ4v) is 1.58. The van der Waals surface area contributed by atoms with Gasteiger partial charge in [-0.2, -0.15) is 0 Å². The van der Waals surface area contributed by atoms with Crippen molar-refractivity contribution in [2.75, 3.05) is 13.2 Å². The first-order chi connectivity index (χ1) is 6.79. The van der Waals surface area contributed by atoms with Crippen molar-refractivity contribution in [2.24, 2.45) is 11.8 Å². The number of rotatable bonds is 4. The zero-order valence-electron chi connectivity index (χ0n) is 8.44. The van der Waals surface area contributed by atoms with Gasteiger partial charge in [0.2, 0.25) is 0 Å². The molecule has 0 aliphatic heterocycles. The van der Waals surface area contributed by atoms with Gasteiger partial charge in [-0.15, -0.1) is 0 Å². The van der Waals surface area contributed by atoms with E-state index in [1.54, 1.807) is 0 Å². The molecule has 0 aromatic heterocycles. The molecule has 1 fully saturated rings. The number of hydrogen-bond acceptors (Lipinski definition) is 2.